The second-order valence-corrected chi connectivity index (χ2v) is 11.5. The van der Waals surface area contributed by atoms with Gasteiger partial charge in [0.25, 0.3) is 0 Å². The first-order valence-corrected chi connectivity index (χ1v) is 12.3. The quantitative estimate of drug-likeness (QED) is 0.600. The van der Waals surface area contributed by atoms with Crippen molar-refractivity contribution in [2.24, 2.45) is 28.6 Å². The summed E-state index contributed by atoms with van der Waals surface area (Å²) in [4.78, 5) is 22.9. The predicted octanol–water partition coefficient (Wildman–Crippen LogP) is 5.94. The molecular weight excluding hydrogens is 406 g/mol. The number of benzene rings is 1. The van der Waals surface area contributed by atoms with E-state index in [1.807, 2.05) is 36.2 Å². The molecule has 0 spiro atoms. The van der Waals surface area contributed by atoms with Gasteiger partial charge in [0, 0.05) is 29.4 Å². The van der Waals surface area contributed by atoms with Crippen LogP contribution in [-0.2, 0) is 4.79 Å². The normalized spacial score (nSPS) is 41.9. The van der Waals surface area contributed by atoms with Gasteiger partial charge < -0.3 is 9.88 Å². The van der Waals surface area contributed by atoms with Gasteiger partial charge in [0.2, 0.25) is 5.91 Å². The molecule has 2 aromatic rings. The van der Waals surface area contributed by atoms with Crippen LogP contribution in [0.2, 0.25) is 5.02 Å². The molecule has 0 saturated heterocycles. The minimum atomic E-state index is 0.112. The van der Waals surface area contributed by atoms with Crippen LogP contribution in [0.25, 0.3) is 11.0 Å². The van der Waals surface area contributed by atoms with Crippen LogP contribution >= 0.6 is 11.6 Å². The van der Waals surface area contributed by atoms with E-state index in [0.29, 0.717) is 23.3 Å². The van der Waals surface area contributed by atoms with Crippen LogP contribution in [0.4, 0.5) is 0 Å². The van der Waals surface area contributed by atoms with Gasteiger partial charge in [-0.25, -0.2) is 4.98 Å². The van der Waals surface area contributed by atoms with E-state index in [0.717, 1.165) is 40.1 Å². The summed E-state index contributed by atoms with van der Waals surface area (Å²) in [5.74, 6) is 3.97. The molecule has 164 valence electrons. The second-order valence-electron chi connectivity index (χ2n) is 11.1. The molecule has 1 amide bonds. The summed E-state index contributed by atoms with van der Waals surface area (Å²) in [6.07, 6.45) is 11.5. The number of nitrogens with one attached hydrogen (secondary N) is 1. The van der Waals surface area contributed by atoms with Crippen LogP contribution in [0.3, 0.4) is 0 Å². The van der Waals surface area contributed by atoms with Crippen molar-refractivity contribution in [2.75, 3.05) is 7.05 Å². The van der Waals surface area contributed by atoms with Crippen molar-refractivity contribution in [1.82, 2.24) is 14.9 Å². The highest BCUT2D eigenvalue weighted by Gasteiger charge is 2.60. The van der Waals surface area contributed by atoms with E-state index in [9.17, 15) is 4.79 Å². The Bertz CT molecular complexity index is 1090. The van der Waals surface area contributed by atoms with Crippen LogP contribution in [0.1, 0.15) is 64.1 Å². The predicted molar refractivity (Wildman–Crippen MR) is 124 cm³/mol. The number of aromatic amines is 1. The number of likely N-dealkylation sites (N-methyl/N-ethyl adjacent to an activating group) is 1. The lowest BCUT2D eigenvalue weighted by atomic mass is 9.47. The minimum absolute atomic E-state index is 0.112. The molecule has 1 aromatic heterocycles. The van der Waals surface area contributed by atoms with Crippen molar-refractivity contribution in [3.05, 3.63) is 41.2 Å². The molecule has 4 aliphatic rings. The van der Waals surface area contributed by atoms with Gasteiger partial charge >= 0.3 is 0 Å². The fraction of sp³-hybridized carbons (Fsp3) is 0.615. The highest BCUT2D eigenvalue weighted by Crippen LogP contribution is 2.67. The minimum Gasteiger partial charge on any atom is -0.342 e. The standard InChI is InChI=1S/C26H32ClN3O/c1-25-12-10-18-16(5-9-22-26(18,2)13-11-23(31)30(22)3)17(25)6-7-19(25)24-28-20-8-4-15(27)14-21(20)29-24/h4,8,11,13-14,16-19,22H,5-7,9-10,12H2,1-3H3,(H,28,29)/t16?,17-,18?,19+,22+,25-,26+/m0/s1. The van der Waals surface area contributed by atoms with E-state index in [1.54, 1.807) is 0 Å². The van der Waals surface area contributed by atoms with Crippen LogP contribution in [-0.4, -0.2) is 33.9 Å². The van der Waals surface area contributed by atoms with E-state index in [1.165, 1.54) is 32.1 Å². The Balaban J connectivity index is 1.33. The van der Waals surface area contributed by atoms with Crippen LogP contribution in [0.5, 0.6) is 0 Å². The third-order valence-electron chi connectivity index (χ3n) is 9.92. The maximum Gasteiger partial charge on any atom is 0.246 e. The number of amides is 1. The van der Waals surface area contributed by atoms with Crippen molar-refractivity contribution >= 4 is 28.5 Å². The average Bonchev–Trinajstić information content (AvgIpc) is 3.30. The molecule has 1 N–H and O–H groups in total. The zero-order valence-electron chi connectivity index (χ0n) is 18.7. The molecule has 31 heavy (non-hydrogen) atoms. The molecule has 3 fully saturated rings. The number of nitrogens with zero attached hydrogens (tertiary/aromatic N) is 2. The van der Waals surface area contributed by atoms with Gasteiger partial charge in [-0.05, 0) is 86.0 Å². The maximum absolute atomic E-state index is 12.3. The van der Waals surface area contributed by atoms with Gasteiger partial charge in [-0.15, -0.1) is 0 Å². The molecule has 2 unspecified atom stereocenters. The third kappa shape index (κ3) is 2.66. The monoisotopic (exact) mass is 437 g/mol. The second kappa shape index (κ2) is 6.60. The van der Waals surface area contributed by atoms with Crippen molar-refractivity contribution in [3.63, 3.8) is 0 Å². The molecule has 2 heterocycles. The summed E-state index contributed by atoms with van der Waals surface area (Å²) in [7, 11) is 2.00. The number of H-pyrrole nitrogens is 1. The summed E-state index contributed by atoms with van der Waals surface area (Å²) in [5, 5.41) is 0.757. The number of hydrogen-bond acceptors (Lipinski definition) is 2. The van der Waals surface area contributed by atoms with E-state index in [2.05, 4.69) is 24.9 Å². The Morgan fingerprint density at radius 2 is 1.97 bits per heavy atom. The first-order chi connectivity index (χ1) is 14.8. The zero-order valence-corrected chi connectivity index (χ0v) is 19.5. The van der Waals surface area contributed by atoms with Crippen molar-refractivity contribution in [2.45, 2.75) is 64.3 Å². The lowest BCUT2D eigenvalue weighted by Crippen LogP contribution is -2.59. The van der Waals surface area contributed by atoms with Crippen LogP contribution < -0.4 is 0 Å². The van der Waals surface area contributed by atoms with E-state index in [-0.39, 0.29) is 11.3 Å². The summed E-state index contributed by atoms with van der Waals surface area (Å²) in [6, 6.07) is 6.30. The molecule has 3 aliphatic carbocycles. The largest absolute Gasteiger partial charge is 0.342 e. The van der Waals surface area contributed by atoms with E-state index < -0.39 is 0 Å². The highest BCUT2D eigenvalue weighted by atomic mass is 35.5. The molecular formula is C26H32ClN3O. The van der Waals surface area contributed by atoms with Crippen LogP contribution in [0.15, 0.2) is 30.4 Å². The van der Waals surface area contributed by atoms with Crippen molar-refractivity contribution in [3.8, 4) is 0 Å². The number of imidazole rings is 1. The molecule has 1 aliphatic heterocycles. The number of rotatable bonds is 1. The number of carbonyl (C=O) groups excluding carboxylic acids is 1. The van der Waals surface area contributed by atoms with Gasteiger partial charge in [-0.2, -0.15) is 0 Å². The number of halogens is 1. The lowest BCUT2D eigenvalue weighted by molar-refractivity contribution is -0.138. The fourth-order valence-corrected chi connectivity index (χ4v) is 8.53. The Hall–Kier alpha value is -1.81. The Morgan fingerprint density at radius 3 is 2.81 bits per heavy atom. The average molecular weight is 438 g/mol. The first-order valence-electron chi connectivity index (χ1n) is 11.9. The highest BCUT2D eigenvalue weighted by molar-refractivity contribution is 6.31. The van der Waals surface area contributed by atoms with Crippen molar-refractivity contribution in [1.29, 1.82) is 0 Å². The Kier molecular flexibility index (Phi) is 4.23. The topological polar surface area (TPSA) is 49.0 Å². The first kappa shape index (κ1) is 19.8. The number of carbonyl (C=O) groups is 1. The third-order valence-corrected chi connectivity index (χ3v) is 10.2. The van der Waals surface area contributed by atoms with Crippen LogP contribution in [0, 0.1) is 28.6 Å². The maximum atomic E-state index is 12.3. The molecule has 7 atom stereocenters. The Labute approximate surface area is 189 Å². The SMILES string of the molecule is CN1C(=O)C=C[C@]2(C)C3CC[C@]4(C)[C@@H](c5nc6ccc(Cl)cc6[nH]5)CC[C@H]4C3CC[C@@H]12. The van der Waals surface area contributed by atoms with Crippen molar-refractivity contribution < 1.29 is 4.79 Å². The molecule has 5 heteroatoms. The molecule has 0 bridgehead atoms. The van der Waals surface area contributed by atoms with E-state index >= 15 is 0 Å². The summed E-state index contributed by atoms with van der Waals surface area (Å²) in [6.45, 7) is 4.96. The summed E-state index contributed by atoms with van der Waals surface area (Å²) >= 11 is 6.21. The van der Waals surface area contributed by atoms with E-state index in [4.69, 9.17) is 16.6 Å². The van der Waals surface area contributed by atoms with Gasteiger partial charge in [-0.3, -0.25) is 4.79 Å². The number of aromatic nitrogens is 2. The molecule has 3 saturated carbocycles. The molecule has 0 radical (unpaired) electrons. The van der Waals surface area contributed by atoms with Gasteiger partial charge in [0.1, 0.15) is 5.82 Å². The zero-order chi connectivity index (χ0) is 21.5. The fourth-order valence-electron chi connectivity index (χ4n) is 8.35. The summed E-state index contributed by atoms with van der Waals surface area (Å²) in [5.41, 5.74) is 2.48. The van der Waals surface area contributed by atoms with Gasteiger partial charge in [0.05, 0.1) is 11.0 Å². The molecule has 6 rings (SSSR count). The summed E-state index contributed by atoms with van der Waals surface area (Å²) < 4.78 is 0. The number of fused-ring (bicyclic) bond motifs is 6. The van der Waals surface area contributed by atoms with Gasteiger partial charge in [-0.1, -0.05) is 31.5 Å². The smallest absolute Gasteiger partial charge is 0.246 e. The molecule has 1 aromatic carbocycles. The molecule has 4 nitrogen and oxygen atoms in total. The Morgan fingerprint density at radius 1 is 1.13 bits per heavy atom. The van der Waals surface area contributed by atoms with Gasteiger partial charge in [0.15, 0.2) is 0 Å². The lowest BCUT2D eigenvalue weighted by Gasteiger charge is -2.60. The number of hydrogen-bond donors (Lipinski definition) is 1.